The number of aliphatic hydroxyl groups is 1. The number of aromatic nitrogens is 1. The van der Waals surface area contributed by atoms with Crippen LogP contribution < -0.4 is 0 Å². The van der Waals surface area contributed by atoms with Crippen molar-refractivity contribution in [2.24, 2.45) is 0 Å². The van der Waals surface area contributed by atoms with Crippen LogP contribution in [-0.2, 0) is 77.1 Å². The summed E-state index contributed by atoms with van der Waals surface area (Å²) in [6.45, 7) is 22.8. The number of pyridine rings is 1. The van der Waals surface area contributed by atoms with Crippen molar-refractivity contribution in [1.82, 2.24) is 44.2 Å². The van der Waals surface area contributed by atoms with Crippen LogP contribution in [0.3, 0.4) is 0 Å². The molecule has 6 aromatic rings. The molecule has 5 aromatic carbocycles. The van der Waals surface area contributed by atoms with Crippen molar-refractivity contribution in [2.45, 2.75) is 252 Å². The number of likely N-dealkylation sites (tertiary alicyclic amines) is 3. The first-order valence-electron chi connectivity index (χ1n) is 39.1. The number of piperidine rings is 2. The van der Waals surface area contributed by atoms with Crippen LogP contribution in [-0.4, -0.2) is 167 Å². The van der Waals surface area contributed by atoms with Gasteiger partial charge in [0.2, 0.25) is 0 Å². The molecule has 116 heavy (non-hydrogen) atoms. The molecular formula is C85H97F16N9O6. The Morgan fingerprint density at radius 3 is 1.12 bits per heavy atom. The molecule has 1 aliphatic carbocycles. The lowest BCUT2D eigenvalue weighted by molar-refractivity contribution is -0.139. The van der Waals surface area contributed by atoms with Gasteiger partial charge in [-0.25, -0.2) is 17.6 Å². The molecule has 1 N–H and O–H groups in total. The van der Waals surface area contributed by atoms with Crippen molar-refractivity contribution < 1.29 is 99.3 Å². The molecule has 1 aromatic heterocycles. The molecular weight excluding hydrogens is 1550 g/mol. The second-order valence-corrected chi connectivity index (χ2v) is 32.9. The van der Waals surface area contributed by atoms with Gasteiger partial charge in [0.1, 0.15) is 18.4 Å². The molecule has 15 rings (SSSR count). The minimum atomic E-state index is -4.60. The third kappa shape index (κ3) is 19.8. The molecule has 9 heterocycles. The van der Waals surface area contributed by atoms with Crippen LogP contribution in [0.2, 0.25) is 0 Å². The largest absolute Gasteiger partial charge is 0.416 e. The second-order valence-electron chi connectivity index (χ2n) is 32.9. The van der Waals surface area contributed by atoms with E-state index in [-0.39, 0.29) is 162 Å². The summed E-state index contributed by atoms with van der Waals surface area (Å²) in [5.41, 5.74) is 3.14. The number of aliphatic hydroxyl groups excluding tert-OH is 1. The van der Waals surface area contributed by atoms with Crippen LogP contribution in [0, 0.1) is 6.92 Å². The Labute approximate surface area is 663 Å². The molecule has 1 saturated carbocycles. The van der Waals surface area contributed by atoms with Gasteiger partial charge in [-0.3, -0.25) is 43.7 Å². The Kier molecular flexibility index (Phi) is 26.1. The first-order chi connectivity index (χ1) is 54.1. The predicted octanol–water partition coefficient (Wildman–Crippen LogP) is 18.3. The van der Waals surface area contributed by atoms with Crippen LogP contribution >= 0.6 is 0 Å². The van der Waals surface area contributed by atoms with E-state index in [1.54, 1.807) is 96.7 Å². The van der Waals surface area contributed by atoms with E-state index in [1.807, 2.05) is 22.8 Å². The summed E-state index contributed by atoms with van der Waals surface area (Å²) >= 11 is 0. The van der Waals surface area contributed by atoms with Crippen LogP contribution in [0.4, 0.5) is 70.2 Å². The number of hydrogen-bond acceptors (Lipinski definition) is 10. The Hall–Kier alpha value is -8.68. The molecule has 9 aliphatic rings. The molecule has 5 amide bonds. The van der Waals surface area contributed by atoms with Gasteiger partial charge >= 0.3 is 24.7 Å². The van der Waals surface area contributed by atoms with Crippen LogP contribution in [0.25, 0.3) is 0 Å². The molecule has 0 spiro atoms. The van der Waals surface area contributed by atoms with Gasteiger partial charge in [0.25, 0.3) is 35.5 Å². The van der Waals surface area contributed by atoms with Crippen molar-refractivity contribution in [2.75, 3.05) is 39.3 Å². The maximum absolute atomic E-state index is 13.6. The Morgan fingerprint density at radius 1 is 0.422 bits per heavy atom. The summed E-state index contributed by atoms with van der Waals surface area (Å²) in [7, 11) is 0. The normalized spacial score (nSPS) is 18.9. The fourth-order valence-electron chi connectivity index (χ4n) is 16.1. The lowest BCUT2D eigenvalue weighted by Gasteiger charge is -2.34. The maximum atomic E-state index is 13.6. The molecule has 8 aliphatic heterocycles. The van der Waals surface area contributed by atoms with Crippen molar-refractivity contribution in [1.29, 1.82) is 0 Å². The van der Waals surface area contributed by atoms with E-state index in [2.05, 4.69) is 18.8 Å². The van der Waals surface area contributed by atoms with Crippen LogP contribution in [0.1, 0.15) is 261 Å². The summed E-state index contributed by atoms with van der Waals surface area (Å²) in [5, 5.41) is 10.5. The van der Waals surface area contributed by atoms with Gasteiger partial charge in [-0.15, -0.1) is 0 Å². The maximum Gasteiger partial charge on any atom is 0.416 e. The number of nitrogens with zero attached hydrogens (tertiary/aromatic N) is 9. The number of aryl methyl sites for hydroxylation is 1. The van der Waals surface area contributed by atoms with Gasteiger partial charge < -0.3 is 29.6 Å². The monoisotopic (exact) mass is 1640 g/mol. The van der Waals surface area contributed by atoms with Crippen molar-refractivity contribution in [3.63, 3.8) is 0 Å². The highest BCUT2D eigenvalue weighted by atomic mass is 19.4. The van der Waals surface area contributed by atoms with E-state index in [1.165, 1.54) is 66.8 Å². The van der Waals surface area contributed by atoms with Gasteiger partial charge in [-0.2, -0.15) is 52.7 Å². The molecule has 0 bridgehead atoms. The van der Waals surface area contributed by atoms with Gasteiger partial charge in [0.05, 0.1) is 28.8 Å². The van der Waals surface area contributed by atoms with Gasteiger partial charge in [-0.1, -0.05) is 30.3 Å². The number of carbonyl (C=O) groups is 5. The minimum absolute atomic E-state index is 0.00575. The van der Waals surface area contributed by atoms with E-state index in [9.17, 15) is 99.3 Å². The Bertz CT molecular complexity index is 4640. The minimum Gasteiger partial charge on any atom is -0.384 e. The number of fused-ring (bicyclic) bond motifs is 5. The van der Waals surface area contributed by atoms with Gasteiger partial charge in [0, 0.05) is 166 Å². The topological polar surface area (TPSA) is 144 Å². The summed E-state index contributed by atoms with van der Waals surface area (Å²) in [5.74, 6) is -3.62. The number of benzene rings is 5. The average Bonchev–Trinajstić information content (AvgIpc) is 1.30. The quantitative estimate of drug-likeness (QED) is 0.105. The number of amides is 5. The highest BCUT2D eigenvalue weighted by molar-refractivity contribution is 6.02. The van der Waals surface area contributed by atoms with Gasteiger partial charge in [0.15, 0.2) is 0 Å². The molecule has 3 saturated heterocycles. The van der Waals surface area contributed by atoms with Crippen molar-refractivity contribution in [3.05, 3.63) is 202 Å². The summed E-state index contributed by atoms with van der Waals surface area (Å²) < 4.78 is 215. The van der Waals surface area contributed by atoms with Crippen LogP contribution in [0.15, 0.2) is 84.9 Å². The zero-order valence-electron chi connectivity index (χ0n) is 66.5. The lowest BCUT2D eigenvalue weighted by atomic mass is 9.93. The number of rotatable bonds is 14. The standard InChI is InChI=1S/C19H18F3NO2.C18H21F5N2O.C18H22F4N2O.C16H18F4N2O.C14H18N2O/c1-11(2)23-10-15-14(18(23)25)8-13(9-16(15)19(20,21)22)17(24)12-6-4-3-5-7-12;1-11(2)25-9-14-13(16(25)26)6-12(7-15(14)18(21,22)23)8-24-5-3-4-17(19,20)10-24;1-11(2)24-10-15-14(17(24)25)7-12(8-16(15)18(20,21)22)9-23-5-3-13(19)4-6-23;1-9(2)22-8-13-12(15(22)23)3-10(4-14(13)16(18,19)20)5-21-6-11(17)7-21;1-8(2)16-7-12-11(14(16)17)6-9(3)15-13(12)10-4-5-10/h3-9,11,17,24H,10H2,1-2H3;6-7,11H,3-5,8-10H2,1-2H3;7-8,11,13H,3-6,9-10H2,1-2H3;3-4,9,11H,5-8H2,1-2H3;6,8,10H,4-5,7H2,1-3H3. The number of hydrogen-bond donors (Lipinski definition) is 1. The summed E-state index contributed by atoms with van der Waals surface area (Å²) in [6, 6.07) is 20.0. The molecule has 630 valence electrons. The summed E-state index contributed by atoms with van der Waals surface area (Å²) in [6.07, 6.45) is -17.8. The van der Waals surface area contributed by atoms with E-state index < -0.39 is 89.7 Å². The van der Waals surface area contributed by atoms with E-state index >= 15 is 0 Å². The Morgan fingerprint density at radius 2 is 0.767 bits per heavy atom. The highest BCUT2D eigenvalue weighted by Crippen LogP contribution is 2.47. The molecule has 1 unspecified atom stereocenters. The van der Waals surface area contributed by atoms with Crippen molar-refractivity contribution in [3.8, 4) is 0 Å². The number of halogens is 16. The van der Waals surface area contributed by atoms with Crippen LogP contribution in [0.5, 0.6) is 0 Å². The highest BCUT2D eigenvalue weighted by Gasteiger charge is 2.47. The van der Waals surface area contributed by atoms with E-state index in [0.717, 1.165) is 42.1 Å². The third-order valence-corrected chi connectivity index (χ3v) is 22.4. The number of carbonyl (C=O) groups excluding carboxylic acids is 5. The predicted molar refractivity (Wildman–Crippen MR) is 401 cm³/mol. The van der Waals surface area contributed by atoms with E-state index in [0.29, 0.717) is 68.0 Å². The smallest absolute Gasteiger partial charge is 0.384 e. The zero-order chi connectivity index (χ0) is 85.1. The van der Waals surface area contributed by atoms with Gasteiger partial charge in [-0.05, 0) is 219 Å². The fourth-order valence-corrected chi connectivity index (χ4v) is 16.1. The number of alkyl halides is 16. The first kappa shape index (κ1) is 88.1. The fraction of sp³-hybridized carbons (Fsp3) is 0.529. The first-order valence-corrected chi connectivity index (χ1v) is 39.1. The molecule has 0 radical (unpaired) electrons. The zero-order valence-corrected chi connectivity index (χ0v) is 66.5. The summed E-state index contributed by atoms with van der Waals surface area (Å²) in [4.78, 5) is 79.6. The average molecular weight is 1640 g/mol. The Balaban J connectivity index is 0.000000143. The molecule has 1 atom stereocenters. The molecule has 15 nitrogen and oxygen atoms in total. The third-order valence-electron chi connectivity index (χ3n) is 22.4. The van der Waals surface area contributed by atoms with E-state index in [4.69, 9.17) is 0 Å². The lowest BCUT2D eigenvalue weighted by Crippen LogP contribution is -2.47. The molecule has 4 fully saturated rings. The SMILES string of the molecule is CC(C)N1Cc2c(cc(C(O)c3ccccc3)cc2C(F)(F)F)C1=O.CC(C)N1Cc2c(cc(CN3CC(F)C3)cc2C(F)(F)F)C1=O.CC(C)N1Cc2c(cc(CN3CCC(F)CC3)cc2C(F)(F)F)C1=O.CC(C)N1Cc2c(cc(CN3CCCC(F)(F)C3)cc2C(F)(F)F)C1=O.Cc1cc2c(c(C3CC3)n1)CN(C(C)C)C2=O. The second kappa shape index (κ2) is 34.3. The van der Waals surface area contributed by atoms with Crippen molar-refractivity contribution >= 4 is 29.5 Å². The molecule has 31 heteroatoms.